The van der Waals surface area contributed by atoms with Gasteiger partial charge in [0.25, 0.3) is 0 Å². The average Bonchev–Trinajstić information content (AvgIpc) is 2.59. The predicted molar refractivity (Wildman–Crippen MR) is 97.5 cm³/mol. The zero-order valence-electron chi connectivity index (χ0n) is 14.4. The summed E-state index contributed by atoms with van der Waals surface area (Å²) in [6, 6.07) is 2.00. The van der Waals surface area contributed by atoms with Gasteiger partial charge in [-0.3, -0.25) is 9.88 Å². The summed E-state index contributed by atoms with van der Waals surface area (Å²) >= 11 is 6.22. The first-order valence-electron chi connectivity index (χ1n) is 8.55. The summed E-state index contributed by atoms with van der Waals surface area (Å²) in [4.78, 5) is 18.0. The SMILES string of the molecule is CCCc1cnc(C)nc1N1CCN(Cc2ccncc2Cl)CC1. The molecule has 2 aromatic heterocycles. The van der Waals surface area contributed by atoms with Crippen molar-refractivity contribution in [2.24, 2.45) is 0 Å². The van der Waals surface area contributed by atoms with E-state index in [4.69, 9.17) is 16.6 Å². The van der Waals surface area contributed by atoms with Crippen LogP contribution in [0.25, 0.3) is 0 Å². The number of hydrogen-bond acceptors (Lipinski definition) is 5. The first kappa shape index (κ1) is 17.1. The lowest BCUT2D eigenvalue weighted by Crippen LogP contribution is -2.46. The van der Waals surface area contributed by atoms with Gasteiger partial charge in [-0.05, 0) is 25.0 Å². The van der Waals surface area contributed by atoms with E-state index in [0.717, 1.165) is 67.8 Å². The Kier molecular flexibility index (Phi) is 5.63. The summed E-state index contributed by atoms with van der Waals surface area (Å²) < 4.78 is 0. The first-order valence-corrected chi connectivity index (χ1v) is 8.93. The van der Waals surface area contributed by atoms with Crippen LogP contribution in [0.1, 0.15) is 30.3 Å². The van der Waals surface area contributed by atoms with Gasteiger partial charge in [0, 0.05) is 56.9 Å². The number of hydrogen-bond donors (Lipinski definition) is 0. The van der Waals surface area contributed by atoms with Crippen molar-refractivity contribution >= 4 is 17.4 Å². The van der Waals surface area contributed by atoms with Crippen molar-refractivity contribution in [3.05, 3.63) is 46.6 Å². The number of aryl methyl sites for hydroxylation is 2. The molecule has 0 amide bonds. The first-order chi connectivity index (χ1) is 11.7. The van der Waals surface area contributed by atoms with Crippen molar-refractivity contribution < 1.29 is 0 Å². The summed E-state index contributed by atoms with van der Waals surface area (Å²) in [5, 5.41) is 0.747. The Balaban J connectivity index is 1.65. The van der Waals surface area contributed by atoms with E-state index in [1.54, 1.807) is 12.4 Å². The molecule has 1 aliphatic rings. The zero-order chi connectivity index (χ0) is 16.9. The second-order valence-electron chi connectivity index (χ2n) is 6.25. The van der Waals surface area contributed by atoms with Gasteiger partial charge in [0.2, 0.25) is 0 Å². The van der Waals surface area contributed by atoms with Crippen LogP contribution in [0.2, 0.25) is 5.02 Å². The van der Waals surface area contributed by atoms with Gasteiger partial charge < -0.3 is 4.90 Å². The molecule has 6 heteroatoms. The lowest BCUT2D eigenvalue weighted by atomic mass is 10.1. The van der Waals surface area contributed by atoms with Gasteiger partial charge in [-0.2, -0.15) is 0 Å². The normalized spacial score (nSPS) is 15.7. The molecule has 0 N–H and O–H groups in total. The quantitative estimate of drug-likeness (QED) is 0.833. The maximum absolute atomic E-state index is 6.22. The predicted octanol–water partition coefficient (Wildman–Crippen LogP) is 3.11. The van der Waals surface area contributed by atoms with Crippen molar-refractivity contribution in [3.8, 4) is 0 Å². The van der Waals surface area contributed by atoms with Crippen molar-refractivity contribution in [2.45, 2.75) is 33.2 Å². The lowest BCUT2D eigenvalue weighted by molar-refractivity contribution is 0.249. The third-order valence-electron chi connectivity index (χ3n) is 4.40. The topological polar surface area (TPSA) is 45.2 Å². The molecule has 24 heavy (non-hydrogen) atoms. The molecule has 3 heterocycles. The number of pyridine rings is 1. The van der Waals surface area contributed by atoms with Crippen molar-refractivity contribution in [1.29, 1.82) is 0 Å². The largest absolute Gasteiger partial charge is 0.354 e. The number of halogens is 1. The summed E-state index contributed by atoms with van der Waals surface area (Å²) in [5.74, 6) is 1.96. The molecule has 0 aromatic carbocycles. The van der Waals surface area contributed by atoms with Crippen LogP contribution < -0.4 is 4.90 Å². The van der Waals surface area contributed by atoms with Crippen LogP contribution in [0.15, 0.2) is 24.7 Å². The van der Waals surface area contributed by atoms with E-state index in [2.05, 4.69) is 26.7 Å². The number of rotatable bonds is 5. The van der Waals surface area contributed by atoms with E-state index in [1.165, 1.54) is 5.56 Å². The van der Waals surface area contributed by atoms with Gasteiger partial charge in [-0.15, -0.1) is 0 Å². The Morgan fingerprint density at radius 1 is 1.12 bits per heavy atom. The molecule has 0 aliphatic carbocycles. The highest BCUT2D eigenvalue weighted by molar-refractivity contribution is 6.31. The molecule has 1 aliphatic heterocycles. The van der Waals surface area contributed by atoms with E-state index >= 15 is 0 Å². The Morgan fingerprint density at radius 3 is 2.62 bits per heavy atom. The number of piperazine rings is 1. The fourth-order valence-corrected chi connectivity index (χ4v) is 3.27. The minimum atomic E-state index is 0.747. The van der Waals surface area contributed by atoms with Gasteiger partial charge in [0.15, 0.2) is 0 Å². The van der Waals surface area contributed by atoms with E-state index in [1.807, 2.05) is 19.2 Å². The van der Waals surface area contributed by atoms with Gasteiger partial charge in [0.1, 0.15) is 11.6 Å². The molecule has 0 radical (unpaired) electrons. The van der Waals surface area contributed by atoms with E-state index in [0.29, 0.717) is 0 Å². The third kappa shape index (κ3) is 4.02. The van der Waals surface area contributed by atoms with Crippen molar-refractivity contribution in [2.75, 3.05) is 31.1 Å². The van der Waals surface area contributed by atoms with Gasteiger partial charge >= 0.3 is 0 Å². The fraction of sp³-hybridized carbons (Fsp3) is 0.500. The van der Waals surface area contributed by atoms with E-state index < -0.39 is 0 Å². The summed E-state index contributed by atoms with van der Waals surface area (Å²) in [7, 11) is 0. The van der Waals surface area contributed by atoms with Crippen LogP contribution >= 0.6 is 11.6 Å². The number of nitrogens with zero attached hydrogens (tertiary/aromatic N) is 5. The molecular formula is C18H24ClN5. The smallest absolute Gasteiger partial charge is 0.135 e. The second kappa shape index (κ2) is 7.90. The average molecular weight is 346 g/mol. The lowest BCUT2D eigenvalue weighted by Gasteiger charge is -2.36. The van der Waals surface area contributed by atoms with Crippen LogP contribution in [0.3, 0.4) is 0 Å². The molecule has 3 rings (SSSR count). The Morgan fingerprint density at radius 2 is 1.92 bits per heavy atom. The third-order valence-corrected chi connectivity index (χ3v) is 4.74. The Labute approximate surface area is 148 Å². The summed E-state index contributed by atoms with van der Waals surface area (Å²) in [6.07, 6.45) is 7.65. The molecule has 5 nitrogen and oxygen atoms in total. The zero-order valence-corrected chi connectivity index (χ0v) is 15.1. The van der Waals surface area contributed by atoms with Crippen LogP contribution in [0.5, 0.6) is 0 Å². The van der Waals surface area contributed by atoms with E-state index in [9.17, 15) is 0 Å². The minimum absolute atomic E-state index is 0.747. The van der Waals surface area contributed by atoms with Gasteiger partial charge in [-0.25, -0.2) is 9.97 Å². The second-order valence-corrected chi connectivity index (χ2v) is 6.65. The number of aromatic nitrogens is 3. The molecule has 1 saturated heterocycles. The molecule has 0 unspecified atom stereocenters. The van der Waals surface area contributed by atoms with Crippen molar-refractivity contribution in [3.63, 3.8) is 0 Å². The maximum Gasteiger partial charge on any atom is 0.135 e. The molecule has 0 atom stereocenters. The minimum Gasteiger partial charge on any atom is -0.354 e. The molecular weight excluding hydrogens is 322 g/mol. The summed E-state index contributed by atoms with van der Waals surface area (Å²) in [5.41, 5.74) is 2.40. The van der Waals surface area contributed by atoms with Crippen LogP contribution in [-0.4, -0.2) is 46.0 Å². The maximum atomic E-state index is 6.22. The molecule has 128 valence electrons. The molecule has 0 saturated carbocycles. The van der Waals surface area contributed by atoms with Crippen LogP contribution in [-0.2, 0) is 13.0 Å². The van der Waals surface area contributed by atoms with Crippen LogP contribution in [0, 0.1) is 6.92 Å². The highest BCUT2D eigenvalue weighted by Crippen LogP contribution is 2.22. The Hall–Kier alpha value is -1.72. The summed E-state index contributed by atoms with van der Waals surface area (Å²) in [6.45, 7) is 9.01. The molecule has 0 spiro atoms. The number of anilines is 1. The standard InChI is InChI=1S/C18H24ClN5/c1-3-4-15-11-21-14(2)22-18(15)24-9-7-23(8-10-24)13-16-5-6-20-12-17(16)19/h5-6,11-12H,3-4,7-10,13H2,1-2H3. The van der Waals surface area contributed by atoms with Crippen LogP contribution in [0.4, 0.5) is 5.82 Å². The van der Waals surface area contributed by atoms with Gasteiger partial charge in [0.05, 0.1) is 5.02 Å². The molecule has 1 fully saturated rings. The molecule has 2 aromatic rings. The monoisotopic (exact) mass is 345 g/mol. The highest BCUT2D eigenvalue weighted by Gasteiger charge is 2.21. The fourth-order valence-electron chi connectivity index (χ4n) is 3.09. The van der Waals surface area contributed by atoms with E-state index in [-0.39, 0.29) is 0 Å². The Bertz CT molecular complexity index is 683. The van der Waals surface area contributed by atoms with Crippen molar-refractivity contribution in [1.82, 2.24) is 19.9 Å². The van der Waals surface area contributed by atoms with Gasteiger partial charge in [-0.1, -0.05) is 24.9 Å². The highest BCUT2D eigenvalue weighted by atomic mass is 35.5. The molecule has 0 bridgehead atoms.